The van der Waals surface area contributed by atoms with Gasteiger partial charge in [0.15, 0.2) is 0 Å². The molecule has 2 N–H and O–H groups in total. The lowest BCUT2D eigenvalue weighted by Crippen LogP contribution is -2.34. The minimum Gasteiger partial charge on any atom is -0.475 e. The number of hydrogen-bond acceptors (Lipinski definition) is 4. The number of carboxylic acid groups (broad SMARTS) is 1. The molecule has 21 heavy (non-hydrogen) atoms. The van der Waals surface area contributed by atoms with Crippen LogP contribution in [0.4, 0.5) is 0 Å². The first-order valence-corrected chi connectivity index (χ1v) is 6.70. The van der Waals surface area contributed by atoms with E-state index in [0.717, 1.165) is 10.9 Å². The van der Waals surface area contributed by atoms with Crippen LogP contribution in [-0.2, 0) is 11.3 Å². The van der Waals surface area contributed by atoms with Crippen molar-refractivity contribution in [3.63, 3.8) is 0 Å². The lowest BCUT2D eigenvalue weighted by molar-refractivity contribution is -0.121. The monoisotopic (exact) mass is 290 g/mol. The summed E-state index contributed by atoms with van der Waals surface area (Å²) in [5, 5.41) is 12.4. The second-order valence-electron chi connectivity index (χ2n) is 4.91. The smallest absolute Gasteiger partial charge is 0.371 e. The molecule has 2 rings (SSSR count). The highest BCUT2D eigenvalue weighted by molar-refractivity contribution is 5.91. The standard InChI is InChI=1S/C15H18N2O4/c1-3-16-14(18)9-17(2)8-10-4-5-12-11(6-10)7-13(21-12)15(19)20/h4-7H,3,8-9H2,1-2H3,(H,16,18)(H,19,20). The SMILES string of the molecule is CCNC(=O)CN(C)Cc1ccc2oc(C(=O)O)cc2c1. The molecule has 0 radical (unpaired) electrons. The molecule has 0 aliphatic heterocycles. The number of carbonyl (C=O) groups excluding carboxylic acids is 1. The van der Waals surface area contributed by atoms with Gasteiger partial charge in [-0.2, -0.15) is 0 Å². The molecule has 0 aliphatic carbocycles. The number of fused-ring (bicyclic) bond motifs is 1. The maximum Gasteiger partial charge on any atom is 0.371 e. The van der Waals surface area contributed by atoms with Crippen LogP contribution < -0.4 is 5.32 Å². The van der Waals surface area contributed by atoms with Crippen LogP contribution in [-0.4, -0.2) is 42.0 Å². The number of hydrogen-bond donors (Lipinski definition) is 2. The Morgan fingerprint density at radius 1 is 1.33 bits per heavy atom. The second-order valence-corrected chi connectivity index (χ2v) is 4.91. The molecule has 0 spiro atoms. The summed E-state index contributed by atoms with van der Waals surface area (Å²) in [6.45, 7) is 3.41. The van der Waals surface area contributed by atoms with E-state index in [1.807, 2.05) is 31.0 Å². The molecule has 0 unspecified atom stereocenters. The van der Waals surface area contributed by atoms with Gasteiger partial charge in [0.2, 0.25) is 11.7 Å². The molecule has 0 saturated carbocycles. The quantitative estimate of drug-likeness (QED) is 0.846. The van der Waals surface area contributed by atoms with E-state index in [0.29, 0.717) is 25.2 Å². The van der Waals surface area contributed by atoms with Gasteiger partial charge in [0.25, 0.3) is 0 Å². The zero-order chi connectivity index (χ0) is 15.4. The van der Waals surface area contributed by atoms with Crippen LogP contribution >= 0.6 is 0 Å². The van der Waals surface area contributed by atoms with Gasteiger partial charge < -0.3 is 14.8 Å². The van der Waals surface area contributed by atoms with Crippen LogP contribution in [0.15, 0.2) is 28.7 Å². The lowest BCUT2D eigenvalue weighted by atomic mass is 10.1. The predicted octanol–water partition coefficient (Wildman–Crippen LogP) is 1.70. The Balaban J connectivity index is 2.08. The van der Waals surface area contributed by atoms with Crippen LogP contribution in [0.5, 0.6) is 0 Å². The Labute approximate surface area is 122 Å². The van der Waals surface area contributed by atoms with Gasteiger partial charge in [-0.25, -0.2) is 4.79 Å². The summed E-state index contributed by atoms with van der Waals surface area (Å²) < 4.78 is 5.21. The first-order chi connectivity index (χ1) is 9.99. The molecular weight excluding hydrogens is 272 g/mol. The fourth-order valence-electron chi connectivity index (χ4n) is 2.16. The molecule has 6 nitrogen and oxygen atoms in total. The Kier molecular flexibility index (Phi) is 4.59. The van der Waals surface area contributed by atoms with Crippen LogP contribution in [0, 0.1) is 0 Å². The number of carbonyl (C=O) groups is 2. The second kappa shape index (κ2) is 6.41. The Morgan fingerprint density at radius 2 is 2.10 bits per heavy atom. The van der Waals surface area contributed by atoms with Crippen molar-refractivity contribution < 1.29 is 19.1 Å². The molecule has 1 aromatic heterocycles. The molecule has 0 fully saturated rings. The molecular formula is C15H18N2O4. The van der Waals surface area contributed by atoms with Gasteiger partial charge in [-0.15, -0.1) is 0 Å². The van der Waals surface area contributed by atoms with Crippen molar-refractivity contribution in [2.75, 3.05) is 20.1 Å². The minimum absolute atomic E-state index is 0.0162. The summed E-state index contributed by atoms with van der Waals surface area (Å²) in [6, 6.07) is 6.99. The number of benzene rings is 1. The molecule has 1 heterocycles. The normalized spacial score (nSPS) is 11.0. The van der Waals surface area contributed by atoms with Crippen molar-refractivity contribution in [1.82, 2.24) is 10.2 Å². The topological polar surface area (TPSA) is 82.8 Å². The summed E-state index contributed by atoms with van der Waals surface area (Å²) in [4.78, 5) is 24.3. The summed E-state index contributed by atoms with van der Waals surface area (Å²) >= 11 is 0. The molecule has 0 aliphatic rings. The van der Waals surface area contributed by atoms with Crippen LogP contribution in [0.1, 0.15) is 23.0 Å². The first-order valence-electron chi connectivity index (χ1n) is 6.70. The minimum atomic E-state index is -1.08. The summed E-state index contributed by atoms with van der Waals surface area (Å²) in [5.74, 6) is -1.17. The molecule has 112 valence electrons. The Morgan fingerprint density at radius 3 is 2.76 bits per heavy atom. The Bertz CT molecular complexity index is 663. The molecule has 0 atom stereocenters. The summed E-state index contributed by atoms with van der Waals surface area (Å²) in [7, 11) is 1.86. The third-order valence-electron chi connectivity index (χ3n) is 3.03. The van der Waals surface area contributed by atoms with Crippen molar-refractivity contribution >= 4 is 22.8 Å². The summed E-state index contributed by atoms with van der Waals surface area (Å²) in [6.07, 6.45) is 0. The molecule has 0 saturated heterocycles. The third-order valence-corrected chi connectivity index (χ3v) is 3.03. The van der Waals surface area contributed by atoms with E-state index in [1.54, 1.807) is 6.07 Å². The summed E-state index contributed by atoms with van der Waals surface area (Å²) in [5.41, 5.74) is 1.54. The fourth-order valence-corrected chi connectivity index (χ4v) is 2.16. The van der Waals surface area contributed by atoms with E-state index in [-0.39, 0.29) is 11.7 Å². The van der Waals surface area contributed by atoms with Gasteiger partial charge in [0.1, 0.15) is 5.58 Å². The molecule has 1 amide bonds. The number of nitrogens with zero attached hydrogens (tertiary/aromatic N) is 1. The maximum absolute atomic E-state index is 11.5. The third kappa shape index (κ3) is 3.82. The van der Waals surface area contributed by atoms with Crippen molar-refractivity contribution in [3.05, 3.63) is 35.6 Å². The van der Waals surface area contributed by atoms with E-state index in [4.69, 9.17) is 9.52 Å². The maximum atomic E-state index is 11.5. The van der Waals surface area contributed by atoms with E-state index < -0.39 is 5.97 Å². The van der Waals surface area contributed by atoms with Crippen molar-refractivity contribution in [3.8, 4) is 0 Å². The molecule has 1 aromatic carbocycles. The highest BCUT2D eigenvalue weighted by atomic mass is 16.4. The zero-order valence-electron chi connectivity index (χ0n) is 12.0. The van der Waals surface area contributed by atoms with E-state index >= 15 is 0 Å². The van der Waals surface area contributed by atoms with Gasteiger partial charge >= 0.3 is 5.97 Å². The van der Waals surface area contributed by atoms with E-state index in [2.05, 4.69) is 5.32 Å². The largest absolute Gasteiger partial charge is 0.475 e. The van der Waals surface area contributed by atoms with Gasteiger partial charge in [-0.3, -0.25) is 9.69 Å². The molecule has 0 bridgehead atoms. The highest BCUT2D eigenvalue weighted by Crippen LogP contribution is 2.21. The molecule has 2 aromatic rings. The Hall–Kier alpha value is -2.34. The number of likely N-dealkylation sites (N-methyl/N-ethyl adjacent to an activating group) is 2. The van der Waals surface area contributed by atoms with E-state index in [1.165, 1.54) is 6.07 Å². The molecule has 6 heteroatoms. The van der Waals surface area contributed by atoms with Crippen LogP contribution in [0.2, 0.25) is 0 Å². The van der Waals surface area contributed by atoms with Crippen LogP contribution in [0.3, 0.4) is 0 Å². The fraction of sp³-hybridized carbons (Fsp3) is 0.333. The van der Waals surface area contributed by atoms with Crippen molar-refractivity contribution in [2.24, 2.45) is 0 Å². The average Bonchev–Trinajstić information content (AvgIpc) is 2.81. The number of aromatic carboxylic acids is 1. The van der Waals surface area contributed by atoms with Gasteiger partial charge in [0.05, 0.1) is 6.54 Å². The highest BCUT2D eigenvalue weighted by Gasteiger charge is 2.11. The van der Waals surface area contributed by atoms with Gasteiger partial charge in [-0.1, -0.05) is 6.07 Å². The van der Waals surface area contributed by atoms with Gasteiger partial charge in [-0.05, 0) is 37.7 Å². The van der Waals surface area contributed by atoms with E-state index in [9.17, 15) is 9.59 Å². The number of amides is 1. The van der Waals surface area contributed by atoms with Crippen molar-refractivity contribution in [2.45, 2.75) is 13.5 Å². The number of nitrogens with one attached hydrogen (secondary N) is 1. The van der Waals surface area contributed by atoms with Crippen LogP contribution in [0.25, 0.3) is 11.0 Å². The number of furan rings is 1. The average molecular weight is 290 g/mol. The van der Waals surface area contributed by atoms with Gasteiger partial charge in [0, 0.05) is 18.5 Å². The predicted molar refractivity (Wildman–Crippen MR) is 78.2 cm³/mol. The number of carboxylic acids is 1. The zero-order valence-corrected chi connectivity index (χ0v) is 12.0. The lowest BCUT2D eigenvalue weighted by Gasteiger charge is -2.16. The van der Waals surface area contributed by atoms with Crippen molar-refractivity contribution in [1.29, 1.82) is 0 Å². The number of rotatable bonds is 6. The first kappa shape index (κ1) is 15.1.